The molecular weight excluding hydrogens is 352 g/mol. The van der Waals surface area contributed by atoms with E-state index >= 15 is 0 Å². The van der Waals surface area contributed by atoms with Crippen molar-refractivity contribution in [3.8, 4) is 0 Å². The first kappa shape index (κ1) is 15.0. The minimum Gasteiger partial charge on any atom is -0.282 e. The molecule has 1 aromatic rings. The molecule has 0 bridgehead atoms. The first-order chi connectivity index (χ1) is 8.00. The van der Waals surface area contributed by atoms with Crippen LogP contribution in [0.4, 0.5) is 5.69 Å². The molecule has 1 rings (SSSR count). The molecule has 0 aromatic heterocycles. The maximum Gasteiger partial charge on any atom is 0.410 e. The van der Waals surface area contributed by atoms with E-state index in [0.29, 0.717) is 6.07 Å². The highest BCUT2D eigenvalue weighted by atomic mass is 79.9. The van der Waals surface area contributed by atoms with Gasteiger partial charge in [-0.2, -0.15) is 16.8 Å². The third kappa shape index (κ3) is 2.68. The summed E-state index contributed by atoms with van der Waals surface area (Å²) in [5.41, 5.74) is -1.00. The van der Waals surface area contributed by atoms with Crippen LogP contribution in [-0.4, -0.2) is 25.9 Å². The predicted octanol–water partition coefficient (Wildman–Crippen LogP) is 1.74. The molecule has 0 saturated carbocycles. The van der Waals surface area contributed by atoms with Gasteiger partial charge in [-0.25, -0.2) is 0 Å². The molecule has 0 fully saturated rings. The first-order valence-corrected chi connectivity index (χ1v) is 7.80. The molecule has 0 aliphatic carbocycles. The van der Waals surface area contributed by atoms with Crippen LogP contribution in [0.1, 0.15) is 5.56 Å². The molecule has 8 nitrogen and oxygen atoms in total. The van der Waals surface area contributed by atoms with Gasteiger partial charge in [-0.15, -0.1) is 0 Å². The van der Waals surface area contributed by atoms with E-state index < -0.39 is 35.7 Å². The van der Waals surface area contributed by atoms with Crippen LogP contribution in [0.25, 0.3) is 4.98 Å². The lowest BCUT2D eigenvalue weighted by Crippen LogP contribution is -2.06. The lowest BCUT2D eigenvalue weighted by molar-refractivity contribution is 0.478. The SMILES string of the molecule is Cc1c([N+]#N)c(S(=O)(=O)O)cc(Br)c1S(=O)(=O)O. The Balaban J connectivity index is 3.97. The summed E-state index contributed by atoms with van der Waals surface area (Å²) in [5, 5.41) is 8.70. The maximum atomic E-state index is 11.1. The van der Waals surface area contributed by atoms with Crippen LogP contribution in [0.15, 0.2) is 20.3 Å². The molecule has 0 atom stereocenters. The normalized spacial score (nSPS) is 12.2. The van der Waals surface area contributed by atoms with Gasteiger partial charge in [0.25, 0.3) is 10.1 Å². The average molecular weight is 358 g/mol. The highest BCUT2D eigenvalue weighted by Crippen LogP contribution is 2.37. The largest absolute Gasteiger partial charge is 0.410 e. The lowest BCUT2D eigenvalue weighted by atomic mass is 10.2. The van der Waals surface area contributed by atoms with Gasteiger partial charge in [0.1, 0.15) is 4.90 Å². The van der Waals surface area contributed by atoms with Crippen molar-refractivity contribution in [1.82, 2.24) is 0 Å². The van der Waals surface area contributed by atoms with Gasteiger partial charge in [0.2, 0.25) is 5.39 Å². The monoisotopic (exact) mass is 357 g/mol. The van der Waals surface area contributed by atoms with Crippen molar-refractivity contribution in [2.24, 2.45) is 0 Å². The summed E-state index contributed by atoms with van der Waals surface area (Å²) in [6.45, 7) is 1.11. The molecule has 2 N–H and O–H groups in total. The Bertz CT molecular complexity index is 762. The third-order valence-electron chi connectivity index (χ3n) is 2.04. The van der Waals surface area contributed by atoms with Gasteiger partial charge in [-0.05, 0) is 28.9 Å². The Kier molecular flexibility index (Phi) is 3.80. The minimum atomic E-state index is -4.71. The van der Waals surface area contributed by atoms with Crippen LogP contribution in [0.5, 0.6) is 0 Å². The van der Waals surface area contributed by atoms with E-state index in [1.165, 1.54) is 0 Å². The molecule has 0 radical (unpaired) electrons. The summed E-state index contributed by atoms with van der Waals surface area (Å²) in [7, 11) is -9.37. The van der Waals surface area contributed by atoms with Gasteiger partial charge < -0.3 is 0 Å². The van der Waals surface area contributed by atoms with Gasteiger partial charge in [-0.1, -0.05) is 0 Å². The predicted molar refractivity (Wildman–Crippen MR) is 63.3 cm³/mol. The number of rotatable bonds is 2. The Labute approximate surface area is 111 Å². The molecule has 0 saturated heterocycles. The van der Waals surface area contributed by atoms with Crippen molar-refractivity contribution >= 4 is 41.9 Å². The zero-order valence-electron chi connectivity index (χ0n) is 8.69. The topological polar surface area (TPSA) is 137 Å². The van der Waals surface area contributed by atoms with Gasteiger partial charge in [-0.3, -0.25) is 9.11 Å². The second kappa shape index (κ2) is 4.56. The number of hydrogen-bond acceptors (Lipinski definition) is 5. The van der Waals surface area contributed by atoms with E-state index in [-0.39, 0.29) is 10.0 Å². The maximum absolute atomic E-state index is 11.1. The fourth-order valence-corrected chi connectivity index (χ4v) is 4.14. The molecule has 0 amide bonds. The van der Waals surface area contributed by atoms with E-state index in [0.717, 1.165) is 6.92 Å². The van der Waals surface area contributed by atoms with Crippen LogP contribution in [0.3, 0.4) is 0 Å². The third-order valence-corrected chi connectivity index (χ3v) is 4.84. The number of hydrogen-bond donors (Lipinski definition) is 2. The Morgan fingerprint density at radius 1 is 1.22 bits per heavy atom. The molecule has 0 aliphatic heterocycles. The average Bonchev–Trinajstić information content (AvgIpc) is 2.13. The first-order valence-electron chi connectivity index (χ1n) is 4.13. The van der Waals surface area contributed by atoms with Gasteiger partial charge in [0, 0.05) is 4.47 Å². The zero-order valence-corrected chi connectivity index (χ0v) is 11.9. The summed E-state index contributed by atoms with van der Waals surface area (Å²) in [4.78, 5) is 1.18. The van der Waals surface area contributed by atoms with Gasteiger partial charge in [0.05, 0.1) is 5.56 Å². The van der Waals surface area contributed by atoms with Crippen LogP contribution in [-0.2, 0) is 20.2 Å². The van der Waals surface area contributed by atoms with Crippen LogP contribution in [0.2, 0.25) is 0 Å². The lowest BCUT2D eigenvalue weighted by Gasteiger charge is -2.05. The van der Waals surface area contributed by atoms with E-state index in [1.54, 1.807) is 0 Å². The van der Waals surface area contributed by atoms with Crippen LogP contribution < -0.4 is 0 Å². The second-order valence-electron chi connectivity index (χ2n) is 3.21. The van der Waals surface area contributed by atoms with Crippen molar-refractivity contribution in [1.29, 1.82) is 5.39 Å². The second-order valence-corrected chi connectivity index (χ2v) is 6.81. The highest BCUT2D eigenvalue weighted by molar-refractivity contribution is 9.10. The number of halogens is 1. The molecule has 0 spiro atoms. The molecule has 0 aliphatic rings. The van der Waals surface area contributed by atoms with Gasteiger partial charge in [0.15, 0.2) is 9.87 Å². The fraction of sp³-hybridized carbons (Fsp3) is 0.143. The highest BCUT2D eigenvalue weighted by Gasteiger charge is 2.34. The van der Waals surface area contributed by atoms with Crippen molar-refractivity contribution < 1.29 is 25.9 Å². The number of benzene rings is 1. The van der Waals surface area contributed by atoms with Crippen LogP contribution in [0, 0.1) is 12.3 Å². The quantitative estimate of drug-likeness (QED) is 0.607. The molecule has 11 heteroatoms. The van der Waals surface area contributed by atoms with Crippen molar-refractivity contribution in [2.75, 3.05) is 0 Å². The summed E-state index contributed by atoms with van der Waals surface area (Å²) >= 11 is 2.75. The van der Waals surface area contributed by atoms with Gasteiger partial charge >= 0.3 is 15.8 Å². The van der Waals surface area contributed by atoms with Crippen molar-refractivity contribution in [3.63, 3.8) is 0 Å². The fourth-order valence-electron chi connectivity index (χ4n) is 1.36. The van der Waals surface area contributed by atoms with E-state index in [2.05, 4.69) is 20.9 Å². The van der Waals surface area contributed by atoms with E-state index in [4.69, 9.17) is 14.5 Å². The Hall–Kier alpha value is -1.06. The Morgan fingerprint density at radius 3 is 2.06 bits per heavy atom. The standard InChI is InChI=1S/C7H5BrN2O6S2/c1-3-6(10-9)5(17(11,12)13)2-4(8)7(3)18(14,15)16/h2H,1H3,(H-,11,12,13,14,15,16)/p+1. The molecule has 1 aromatic carbocycles. The summed E-state index contributed by atoms with van der Waals surface area (Å²) in [5.74, 6) is 0. The number of diazo groups is 1. The number of nitrogens with zero attached hydrogens (tertiary/aromatic N) is 2. The molecular formula is C7H6BrN2O6S2+. The van der Waals surface area contributed by atoms with Crippen molar-refractivity contribution in [2.45, 2.75) is 16.7 Å². The van der Waals surface area contributed by atoms with Crippen LogP contribution >= 0.6 is 15.9 Å². The molecule has 0 heterocycles. The molecule has 98 valence electrons. The summed E-state index contributed by atoms with van der Waals surface area (Å²) in [6, 6.07) is 0.709. The van der Waals surface area contributed by atoms with E-state index in [1.807, 2.05) is 0 Å². The van der Waals surface area contributed by atoms with E-state index in [9.17, 15) is 16.8 Å². The van der Waals surface area contributed by atoms with Crippen molar-refractivity contribution in [3.05, 3.63) is 21.1 Å². The smallest absolute Gasteiger partial charge is 0.282 e. The minimum absolute atomic E-state index is 0.289. The zero-order chi connectivity index (χ0) is 14.3. The summed E-state index contributed by atoms with van der Waals surface area (Å²) < 4.78 is 61.8. The summed E-state index contributed by atoms with van der Waals surface area (Å²) in [6.07, 6.45) is 0. The molecule has 18 heavy (non-hydrogen) atoms. The Morgan fingerprint density at radius 2 is 1.72 bits per heavy atom. The molecule has 0 unspecified atom stereocenters.